The Balaban J connectivity index is 3.63. The minimum absolute atomic E-state index is 0.0437. The van der Waals surface area contributed by atoms with Crippen molar-refractivity contribution in [3.05, 3.63) is 0 Å². The number of urea groups is 1. The van der Waals surface area contributed by atoms with Crippen LogP contribution in [0.15, 0.2) is 0 Å². The lowest BCUT2D eigenvalue weighted by Gasteiger charge is -2.15. The van der Waals surface area contributed by atoms with E-state index in [0.29, 0.717) is 6.54 Å². The molecule has 0 saturated heterocycles. The molecule has 3 amide bonds. The van der Waals surface area contributed by atoms with E-state index in [2.05, 4.69) is 5.32 Å². The van der Waals surface area contributed by atoms with Gasteiger partial charge >= 0.3 is 6.03 Å². The van der Waals surface area contributed by atoms with E-state index in [-0.39, 0.29) is 12.6 Å². The fourth-order valence-electron chi connectivity index (χ4n) is 0.813. The molecule has 5 nitrogen and oxygen atoms in total. The number of primary amides is 1. The molecule has 0 heterocycles. The quantitative estimate of drug-likeness (QED) is 0.590. The summed E-state index contributed by atoms with van der Waals surface area (Å²) in [5.74, 6) is -0.506. The third-order valence-corrected chi connectivity index (χ3v) is 1.55. The van der Waals surface area contributed by atoms with Gasteiger partial charge < -0.3 is 16.0 Å². The van der Waals surface area contributed by atoms with Gasteiger partial charge in [-0.05, 0) is 6.42 Å². The van der Waals surface area contributed by atoms with Crippen LogP contribution in [0.25, 0.3) is 0 Å². The van der Waals surface area contributed by atoms with Gasteiger partial charge in [0.2, 0.25) is 5.91 Å². The molecule has 0 aliphatic carbocycles. The summed E-state index contributed by atoms with van der Waals surface area (Å²) in [6.07, 6.45) is 1.97. The number of nitrogens with two attached hydrogens (primary N) is 1. The first-order valence-electron chi connectivity index (χ1n) is 4.35. The fourth-order valence-corrected chi connectivity index (χ4v) is 0.813. The maximum Gasteiger partial charge on any atom is 0.317 e. The lowest BCUT2D eigenvalue weighted by molar-refractivity contribution is -0.118. The first-order valence-corrected chi connectivity index (χ1v) is 4.35. The molecular formula is C8H17N3O2. The van der Waals surface area contributed by atoms with Gasteiger partial charge in [0.25, 0.3) is 0 Å². The molecule has 0 bridgehead atoms. The summed E-state index contributed by atoms with van der Waals surface area (Å²) in [4.78, 5) is 22.9. The van der Waals surface area contributed by atoms with Crippen LogP contribution < -0.4 is 11.1 Å². The van der Waals surface area contributed by atoms with E-state index < -0.39 is 5.91 Å². The number of amides is 3. The van der Waals surface area contributed by atoms with Gasteiger partial charge in [-0.1, -0.05) is 13.3 Å². The molecule has 0 aromatic carbocycles. The highest BCUT2D eigenvalue weighted by Crippen LogP contribution is 1.86. The molecule has 0 unspecified atom stereocenters. The zero-order chi connectivity index (χ0) is 10.3. The van der Waals surface area contributed by atoms with Gasteiger partial charge in [-0.2, -0.15) is 0 Å². The van der Waals surface area contributed by atoms with E-state index in [0.717, 1.165) is 12.8 Å². The van der Waals surface area contributed by atoms with Crippen LogP contribution in [0.1, 0.15) is 19.8 Å². The number of hydrogen-bond acceptors (Lipinski definition) is 2. The number of likely N-dealkylation sites (N-methyl/N-ethyl adjacent to an activating group) is 1. The molecule has 0 fully saturated rings. The van der Waals surface area contributed by atoms with Crippen molar-refractivity contribution in [3.63, 3.8) is 0 Å². The van der Waals surface area contributed by atoms with Gasteiger partial charge in [0.1, 0.15) is 6.54 Å². The first kappa shape index (κ1) is 11.7. The molecule has 0 rings (SSSR count). The smallest absolute Gasteiger partial charge is 0.317 e. The van der Waals surface area contributed by atoms with Gasteiger partial charge in [-0.25, -0.2) is 4.79 Å². The van der Waals surface area contributed by atoms with Crippen molar-refractivity contribution in [1.29, 1.82) is 0 Å². The van der Waals surface area contributed by atoms with E-state index in [4.69, 9.17) is 5.73 Å². The summed E-state index contributed by atoms with van der Waals surface area (Å²) in [6.45, 7) is 2.63. The van der Waals surface area contributed by atoms with Gasteiger partial charge in [-0.15, -0.1) is 0 Å². The zero-order valence-corrected chi connectivity index (χ0v) is 8.17. The number of carbonyl (C=O) groups excluding carboxylic acids is 2. The van der Waals surface area contributed by atoms with Crippen molar-refractivity contribution in [3.8, 4) is 0 Å². The molecule has 5 heteroatoms. The molecule has 0 aliphatic rings. The largest absolute Gasteiger partial charge is 0.368 e. The molecule has 0 radical (unpaired) electrons. The minimum Gasteiger partial charge on any atom is -0.368 e. The molecule has 76 valence electrons. The summed E-state index contributed by atoms with van der Waals surface area (Å²) in [7, 11) is 1.53. The van der Waals surface area contributed by atoms with Crippen molar-refractivity contribution in [2.45, 2.75) is 19.8 Å². The molecular weight excluding hydrogens is 170 g/mol. The van der Waals surface area contributed by atoms with Crippen LogP contribution in [-0.2, 0) is 4.79 Å². The molecule has 0 atom stereocenters. The van der Waals surface area contributed by atoms with E-state index in [9.17, 15) is 9.59 Å². The van der Waals surface area contributed by atoms with Gasteiger partial charge in [-0.3, -0.25) is 4.79 Å². The Labute approximate surface area is 78.3 Å². The van der Waals surface area contributed by atoms with Gasteiger partial charge in [0.05, 0.1) is 0 Å². The topological polar surface area (TPSA) is 75.4 Å². The van der Waals surface area contributed by atoms with Gasteiger partial charge in [0, 0.05) is 13.6 Å². The van der Waals surface area contributed by atoms with E-state index >= 15 is 0 Å². The first-order chi connectivity index (χ1) is 6.07. The fraction of sp³-hybridized carbons (Fsp3) is 0.750. The average Bonchev–Trinajstić information content (AvgIpc) is 2.03. The molecule has 0 aromatic heterocycles. The number of hydrogen-bond donors (Lipinski definition) is 2. The average molecular weight is 187 g/mol. The van der Waals surface area contributed by atoms with Crippen LogP contribution >= 0.6 is 0 Å². The maximum atomic E-state index is 11.2. The summed E-state index contributed by atoms with van der Waals surface area (Å²) < 4.78 is 0. The Morgan fingerprint density at radius 3 is 2.54 bits per heavy atom. The monoisotopic (exact) mass is 187 g/mol. The minimum atomic E-state index is -0.506. The maximum absolute atomic E-state index is 11.2. The molecule has 0 spiro atoms. The molecule has 0 aliphatic heterocycles. The van der Waals surface area contributed by atoms with Crippen molar-refractivity contribution in [2.75, 3.05) is 20.1 Å². The Kier molecular flexibility index (Phi) is 5.67. The van der Waals surface area contributed by atoms with Crippen molar-refractivity contribution < 1.29 is 9.59 Å². The number of nitrogens with zero attached hydrogens (tertiary/aromatic N) is 1. The lowest BCUT2D eigenvalue weighted by atomic mass is 10.3. The molecule has 13 heavy (non-hydrogen) atoms. The second kappa shape index (κ2) is 6.28. The summed E-state index contributed by atoms with van der Waals surface area (Å²) in [5.41, 5.74) is 4.93. The molecule has 0 aromatic rings. The Morgan fingerprint density at radius 1 is 1.46 bits per heavy atom. The number of rotatable bonds is 5. The zero-order valence-electron chi connectivity index (χ0n) is 8.17. The SMILES string of the molecule is CCCCNC(=O)N(C)CC(N)=O. The highest BCUT2D eigenvalue weighted by Gasteiger charge is 2.08. The lowest BCUT2D eigenvalue weighted by Crippen LogP contribution is -2.42. The summed E-state index contributed by atoms with van der Waals surface area (Å²) in [5, 5.41) is 2.67. The molecule has 3 N–H and O–H groups in total. The summed E-state index contributed by atoms with van der Waals surface area (Å²) >= 11 is 0. The van der Waals surface area contributed by atoms with Crippen LogP contribution in [0.5, 0.6) is 0 Å². The predicted molar refractivity (Wildman–Crippen MR) is 50.1 cm³/mol. The number of carbonyl (C=O) groups is 2. The standard InChI is InChI=1S/C8H17N3O2/c1-3-4-5-10-8(13)11(2)6-7(9)12/h3-6H2,1-2H3,(H2,9,12)(H,10,13). The number of nitrogens with one attached hydrogen (secondary N) is 1. The second-order valence-corrected chi connectivity index (χ2v) is 2.91. The van der Waals surface area contributed by atoms with Crippen LogP contribution in [-0.4, -0.2) is 37.0 Å². The number of unbranched alkanes of at least 4 members (excludes halogenated alkanes) is 1. The van der Waals surface area contributed by atoms with Crippen molar-refractivity contribution >= 4 is 11.9 Å². The van der Waals surface area contributed by atoms with E-state index in [1.165, 1.54) is 11.9 Å². The van der Waals surface area contributed by atoms with E-state index in [1.807, 2.05) is 6.92 Å². The Hall–Kier alpha value is -1.26. The Bertz CT molecular complexity index is 182. The highest BCUT2D eigenvalue weighted by atomic mass is 16.2. The predicted octanol–water partition coefficient (Wildman–Crippen LogP) is -0.0868. The highest BCUT2D eigenvalue weighted by molar-refractivity contribution is 5.82. The van der Waals surface area contributed by atoms with Crippen LogP contribution in [0, 0.1) is 0 Å². The second-order valence-electron chi connectivity index (χ2n) is 2.91. The normalized spacial score (nSPS) is 9.38. The van der Waals surface area contributed by atoms with Crippen LogP contribution in [0.2, 0.25) is 0 Å². The Morgan fingerprint density at radius 2 is 2.08 bits per heavy atom. The van der Waals surface area contributed by atoms with E-state index in [1.54, 1.807) is 0 Å². The van der Waals surface area contributed by atoms with Crippen molar-refractivity contribution in [1.82, 2.24) is 10.2 Å². The molecule has 0 saturated carbocycles. The van der Waals surface area contributed by atoms with Crippen molar-refractivity contribution in [2.24, 2.45) is 5.73 Å². The third-order valence-electron chi connectivity index (χ3n) is 1.55. The summed E-state index contributed by atoms with van der Waals surface area (Å²) in [6, 6.07) is -0.257. The van der Waals surface area contributed by atoms with Crippen LogP contribution in [0.3, 0.4) is 0 Å². The third kappa shape index (κ3) is 5.95. The van der Waals surface area contributed by atoms with Crippen LogP contribution in [0.4, 0.5) is 4.79 Å². The van der Waals surface area contributed by atoms with Gasteiger partial charge in [0.15, 0.2) is 0 Å².